The maximum atomic E-state index is 12.7. The number of hydrogen-bond donors (Lipinski definition) is 2. The lowest BCUT2D eigenvalue weighted by molar-refractivity contribution is -0.138. The molecule has 24 heavy (non-hydrogen) atoms. The number of carbonyl (C=O) groups is 2. The molecule has 0 aliphatic heterocycles. The van der Waals surface area contributed by atoms with Gasteiger partial charge in [-0.25, -0.2) is 0 Å². The maximum Gasteiger partial charge on any atom is 0.239 e. The van der Waals surface area contributed by atoms with E-state index in [1.165, 1.54) is 0 Å². The highest BCUT2D eigenvalue weighted by atomic mass is 16.5. The van der Waals surface area contributed by atoms with Gasteiger partial charge in [-0.15, -0.1) is 0 Å². The molecule has 0 unspecified atom stereocenters. The minimum atomic E-state index is -1.15. The molecule has 0 saturated heterocycles. The second-order valence-corrected chi connectivity index (χ2v) is 6.88. The lowest BCUT2D eigenvalue weighted by Crippen LogP contribution is -2.45. The first-order valence-electron chi connectivity index (χ1n) is 8.40. The van der Waals surface area contributed by atoms with Crippen molar-refractivity contribution in [2.24, 2.45) is 5.41 Å². The van der Waals surface area contributed by atoms with Gasteiger partial charge in [0.25, 0.3) is 0 Å². The zero-order valence-electron chi connectivity index (χ0n) is 15.7. The Labute approximate surface area is 145 Å². The Morgan fingerprint density at radius 3 is 2.46 bits per heavy atom. The van der Waals surface area contributed by atoms with E-state index < -0.39 is 5.41 Å². The summed E-state index contributed by atoms with van der Waals surface area (Å²) in [4.78, 5) is 25.0. The van der Waals surface area contributed by atoms with Crippen LogP contribution in [0.3, 0.4) is 0 Å². The van der Waals surface area contributed by atoms with E-state index in [-0.39, 0.29) is 17.7 Å². The fourth-order valence-electron chi connectivity index (χ4n) is 2.35. The third kappa shape index (κ3) is 5.06. The molecule has 134 valence electrons. The molecule has 1 aromatic carbocycles. The van der Waals surface area contributed by atoms with Gasteiger partial charge in [-0.05, 0) is 44.2 Å². The molecule has 1 rings (SSSR count). The van der Waals surface area contributed by atoms with Crippen LogP contribution in [0.5, 0.6) is 0 Å². The van der Waals surface area contributed by atoms with E-state index in [4.69, 9.17) is 4.74 Å². The van der Waals surface area contributed by atoms with Crippen LogP contribution in [-0.2, 0) is 14.3 Å². The van der Waals surface area contributed by atoms with Gasteiger partial charge in [0.2, 0.25) is 11.8 Å². The first-order chi connectivity index (χ1) is 11.2. The van der Waals surface area contributed by atoms with Gasteiger partial charge in [0.05, 0.1) is 0 Å². The lowest BCUT2D eigenvalue weighted by Gasteiger charge is -2.25. The van der Waals surface area contributed by atoms with Gasteiger partial charge >= 0.3 is 0 Å². The number of aryl methyl sites for hydroxylation is 1. The molecule has 0 bridgehead atoms. The number of rotatable bonds is 8. The third-order valence-corrected chi connectivity index (χ3v) is 4.11. The molecule has 0 spiro atoms. The molecule has 0 radical (unpaired) electrons. The first-order valence-corrected chi connectivity index (χ1v) is 8.40. The number of benzene rings is 1. The standard InChI is InChI=1S/C19H30N2O3/c1-13(2)15-10-7-9-14(3)16(15)21-18(23)19(4,5)17(22)20-11-8-12-24-6/h7,9-10,13H,8,11-12H2,1-6H3,(H,20,22)(H,21,23). The molecular formula is C19H30N2O3. The van der Waals surface area contributed by atoms with Gasteiger partial charge in [0, 0.05) is 25.9 Å². The second-order valence-electron chi connectivity index (χ2n) is 6.88. The number of methoxy groups -OCH3 is 1. The molecule has 5 nitrogen and oxygen atoms in total. The number of anilines is 1. The average Bonchev–Trinajstić information content (AvgIpc) is 2.52. The minimum absolute atomic E-state index is 0.282. The number of ether oxygens (including phenoxy) is 1. The van der Waals surface area contributed by atoms with Crippen LogP contribution >= 0.6 is 0 Å². The van der Waals surface area contributed by atoms with Crippen molar-refractivity contribution in [3.05, 3.63) is 29.3 Å². The summed E-state index contributed by atoms with van der Waals surface area (Å²) in [6.45, 7) is 10.5. The molecule has 0 aromatic heterocycles. The van der Waals surface area contributed by atoms with Crippen molar-refractivity contribution >= 4 is 17.5 Å². The molecule has 0 aliphatic rings. The Balaban J connectivity index is 2.84. The van der Waals surface area contributed by atoms with Crippen molar-refractivity contribution in [2.45, 2.75) is 47.0 Å². The number of hydrogen-bond acceptors (Lipinski definition) is 3. The van der Waals surface area contributed by atoms with Crippen molar-refractivity contribution < 1.29 is 14.3 Å². The lowest BCUT2D eigenvalue weighted by atomic mass is 9.90. The molecule has 2 N–H and O–H groups in total. The van der Waals surface area contributed by atoms with Crippen molar-refractivity contribution in [3.8, 4) is 0 Å². The number of carbonyl (C=O) groups excluding carboxylic acids is 2. The van der Waals surface area contributed by atoms with E-state index in [0.717, 1.165) is 23.2 Å². The quantitative estimate of drug-likeness (QED) is 0.566. The zero-order chi connectivity index (χ0) is 18.3. The van der Waals surface area contributed by atoms with E-state index >= 15 is 0 Å². The van der Waals surface area contributed by atoms with Crippen molar-refractivity contribution in [3.63, 3.8) is 0 Å². The van der Waals surface area contributed by atoms with Crippen LogP contribution in [0, 0.1) is 12.3 Å². The largest absolute Gasteiger partial charge is 0.385 e. The summed E-state index contributed by atoms with van der Waals surface area (Å²) in [6.07, 6.45) is 0.717. The average molecular weight is 334 g/mol. The van der Waals surface area contributed by atoms with Gasteiger partial charge < -0.3 is 15.4 Å². The second kappa shape index (κ2) is 8.83. The van der Waals surface area contributed by atoms with Crippen molar-refractivity contribution in [1.29, 1.82) is 0 Å². The normalized spacial score (nSPS) is 11.5. The Morgan fingerprint density at radius 1 is 1.21 bits per heavy atom. The van der Waals surface area contributed by atoms with Crippen LogP contribution in [0.1, 0.15) is 51.2 Å². The Bertz CT molecular complexity index is 580. The predicted molar refractivity (Wildman–Crippen MR) is 97.2 cm³/mol. The summed E-state index contributed by atoms with van der Waals surface area (Å²) in [6, 6.07) is 5.94. The summed E-state index contributed by atoms with van der Waals surface area (Å²) < 4.78 is 4.95. The van der Waals surface area contributed by atoms with Gasteiger partial charge in [-0.1, -0.05) is 32.0 Å². The molecule has 0 heterocycles. The Hall–Kier alpha value is -1.88. The van der Waals surface area contributed by atoms with Crippen LogP contribution < -0.4 is 10.6 Å². The van der Waals surface area contributed by atoms with E-state index in [0.29, 0.717) is 13.2 Å². The van der Waals surface area contributed by atoms with E-state index in [9.17, 15) is 9.59 Å². The maximum absolute atomic E-state index is 12.7. The number of nitrogens with one attached hydrogen (secondary N) is 2. The molecule has 0 atom stereocenters. The fraction of sp³-hybridized carbons (Fsp3) is 0.579. The summed E-state index contributed by atoms with van der Waals surface area (Å²) in [5, 5.41) is 5.76. The Kier molecular flexibility index (Phi) is 7.42. The summed E-state index contributed by atoms with van der Waals surface area (Å²) >= 11 is 0. The summed E-state index contributed by atoms with van der Waals surface area (Å²) in [5.74, 6) is -0.301. The van der Waals surface area contributed by atoms with Gasteiger partial charge in [-0.2, -0.15) is 0 Å². The highest BCUT2D eigenvalue weighted by molar-refractivity contribution is 6.10. The molecular weight excluding hydrogens is 304 g/mol. The molecule has 0 fully saturated rings. The van der Waals surface area contributed by atoms with Crippen LogP contribution in [0.2, 0.25) is 0 Å². The first kappa shape index (κ1) is 20.2. The third-order valence-electron chi connectivity index (χ3n) is 4.11. The van der Waals surface area contributed by atoms with Crippen LogP contribution in [0.25, 0.3) is 0 Å². The molecule has 5 heteroatoms. The van der Waals surface area contributed by atoms with E-state index in [1.54, 1.807) is 21.0 Å². The predicted octanol–water partition coefficient (Wildman–Crippen LogP) is 3.24. The highest BCUT2D eigenvalue weighted by Crippen LogP contribution is 2.29. The highest BCUT2D eigenvalue weighted by Gasteiger charge is 2.36. The topological polar surface area (TPSA) is 67.4 Å². The fourth-order valence-corrected chi connectivity index (χ4v) is 2.35. The van der Waals surface area contributed by atoms with Gasteiger partial charge in [0.1, 0.15) is 5.41 Å². The molecule has 0 aliphatic carbocycles. The number of amides is 2. The van der Waals surface area contributed by atoms with Crippen molar-refractivity contribution in [1.82, 2.24) is 5.32 Å². The zero-order valence-corrected chi connectivity index (χ0v) is 15.7. The van der Waals surface area contributed by atoms with Gasteiger partial charge in [-0.3, -0.25) is 9.59 Å². The smallest absolute Gasteiger partial charge is 0.239 e. The van der Waals surface area contributed by atoms with E-state index in [1.807, 2.05) is 25.1 Å². The monoisotopic (exact) mass is 334 g/mol. The SMILES string of the molecule is COCCCNC(=O)C(C)(C)C(=O)Nc1c(C)cccc1C(C)C. The minimum Gasteiger partial charge on any atom is -0.385 e. The number of para-hydroxylation sites is 1. The van der Waals surface area contributed by atoms with Crippen LogP contribution in [0.15, 0.2) is 18.2 Å². The van der Waals surface area contributed by atoms with E-state index in [2.05, 4.69) is 24.5 Å². The molecule has 1 aromatic rings. The molecule has 2 amide bonds. The summed E-state index contributed by atoms with van der Waals surface area (Å²) in [5.41, 5.74) is 1.71. The Morgan fingerprint density at radius 2 is 1.88 bits per heavy atom. The molecule has 0 saturated carbocycles. The van der Waals surface area contributed by atoms with Crippen LogP contribution in [-0.4, -0.2) is 32.1 Å². The summed E-state index contributed by atoms with van der Waals surface area (Å²) in [7, 11) is 1.62. The van der Waals surface area contributed by atoms with Crippen LogP contribution in [0.4, 0.5) is 5.69 Å². The van der Waals surface area contributed by atoms with Crippen molar-refractivity contribution in [2.75, 3.05) is 25.6 Å². The van der Waals surface area contributed by atoms with Gasteiger partial charge in [0.15, 0.2) is 0 Å².